The van der Waals surface area contributed by atoms with E-state index in [-0.39, 0.29) is 0 Å². The molecule has 20 heavy (non-hydrogen) atoms. The third-order valence-electron chi connectivity index (χ3n) is 2.71. The van der Waals surface area contributed by atoms with E-state index in [0.29, 0.717) is 18.3 Å². The summed E-state index contributed by atoms with van der Waals surface area (Å²) in [6.07, 6.45) is 3.96. The van der Waals surface area contributed by atoms with Crippen molar-refractivity contribution in [1.82, 2.24) is 15.2 Å². The molecular weight excluding hydrogens is 254 g/mol. The van der Waals surface area contributed by atoms with Crippen LogP contribution in [0.5, 0.6) is 0 Å². The number of hydrogen-bond acceptors (Lipinski definition) is 6. The van der Waals surface area contributed by atoms with Crippen molar-refractivity contribution in [3.63, 3.8) is 0 Å². The summed E-state index contributed by atoms with van der Waals surface area (Å²) in [7, 11) is 0. The summed E-state index contributed by atoms with van der Waals surface area (Å²) in [4.78, 5) is 4.00. The van der Waals surface area contributed by atoms with E-state index in [2.05, 4.69) is 20.5 Å². The van der Waals surface area contributed by atoms with Gasteiger partial charge in [0.25, 0.3) is 0 Å². The van der Waals surface area contributed by atoms with Crippen molar-refractivity contribution in [2.24, 2.45) is 0 Å². The van der Waals surface area contributed by atoms with Gasteiger partial charge in [-0.25, -0.2) is 0 Å². The Morgan fingerprint density at radius 3 is 2.70 bits per heavy atom. The number of hydrogen-bond donors (Lipinski definition) is 2. The average molecular weight is 267 g/mol. The quantitative estimate of drug-likeness (QED) is 0.705. The molecule has 0 saturated heterocycles. The SMILES string of the molecule is Nc1ccc(Cc2nnc(Nc3cccnc3)o2)cc1. The number of aromatic nitrogens is 3. The Labute approximate surface area is 115 Å². The van der Waals surface area contributed by atoms with Crippen LogP contribution < -0.4 is 11.1 Å². The summed E-state index contributed by atoms with van der Waals surface area (Å²) in [6.45, 7) is 0. The van der Waals surface area contributed by atoms with E-state index in [0.717, 1.165) is 16.9 Å². The molecule has 6 nitrogen and oxygen atoms in total. The fourth-order valence-electron chi connectivity index (χ4n) is 1.75. The van der Waals surface area contributed by atoms with E-state index in [9.17, 15) is 0 Å². The molecule has 0 aliphatic heterocycles. The van der Waals surface area contributed by atoms with Gasteiger partial charge in [0.05, 0.1) is 18.3 Å². The highest BCUT2D eigenvalue weighted by Gasteiger charge is 2.07. The van der Waals surface area contributed by atoms with E-state index in [1.54, 1.807) is 12.4 Å². The molecule has 3 N–H and O–H groups in total. The molecule has 0 spiro atoms. The summed E-state index contributed by atoms with van der Waals surface area (Å²) < 4.78 is 5.53. The summed E-state index contributed by atoms with van der Waals surface area (Å²) in [5.74, 6) is 0.543. The Bertz CT molecular complexity index is 678. The van der Waals surface area contributed by atoms with Gasteiger partial charge in [0.15, 0.2) is 0 Å². The minimum Gasteiger partial charge on any atom is -0.408 e. The first-order chi connectivity index (χ1) is 9.79. The van der Waals surface area contributed by atoms with Gasteiger partial charge in [-0.3, -0.25) is 4.98 Å². The van der Waals surface area contributed by atoms with Crippen LogP contribution in [0.1, 0.15) is 11.5 Å². The Morgan fingerprint density at radius 2 is 1.95 bits per heavy atom. The van der Waals surface area contributed by atoms with Crippen LogP contribution >= 0.6 is 0 Å². The Kier molecular flexibility index (Phi) is 3.28. The first kappa shape index (κ1) is 12.2. The van der Waals surface area contributed by atoms with Crippen molar-refractivity contribution < 1.29 is 4.42 Å². The largest absolute Gasteiger partial charge is 0.408 e. The molecule has 0 radical (unpaired) electrons. The van der Waals surface area contributed by atoms with Gasteiger partial charge >= 0.3 is 6.01 Å². The normalized spacial score (nSPS) is 10.4. The summed E-state index contributed by atoms with van der Waals surface area (Å²) >= 11 is 0. The van der Waals surface area contributed by atoms with Crippen molar-refractivity contribution in [3.8, 4) is 0 Å². The fourth-order valence-corrected chi connectivity index (χ4v) is 1.75. The van der Waals surface area contributed by atoms with Gasteiger partial charge < -0.3 is 15.5 Å². The van der Waals surface area contributed by atoms with Crippen LogP contribution in [-0.4, -0.2) is 15.2 Å². The number of nitrogens with zero attached hydrogens (tertiary/aromatic N) is 3. The molecule has 6 heteroatoms. The lowest BCUT2D eigenvalue weighted by molar-refractivity contribution is 0.521. The molecule has 0 aliphatic carbocycles. The topological polar surface area (TPSA) is 89.9 Å². The maximum atomic E-state index is 5.64. The number of anilines is 3. The first-order valence-electron chi connectivity index (χ1n) is 6.13. The third kappa shape index (κ3) is 2.92. The van der Waals surface area contributed by atoms with Gasteiger partial charge in [-0.2, -0.15) is 0 Å². The fraction of sp³-hybridized carbons (Fsp3) is 0.0714. The highest BCUT2D eigenvalue weighted by Crippen LogP contribution is 2.16. The number of benzene rings is 1. The van der Waals surface area contributed by atoms with Crippen LogP contribution in [0.25, 0.3) is 0 Å². The maximum Gasteiger partial charge on any atom is 0.320 e. The Hall–Kier alpha value is -2.89. The van der Waals surface area contributed by atoms with Gasteiger partial charge in [0.2, 0.25) is 5.89 Å². The summed E-state index contributed by atoms with van der Waals surface area (Å²) in [5, 5.41) is 10.9. The Balaban J connectivity index is 1.69. The summed E-state index contributed by atoms with van der Waals surface area (Å²) in [6, 6.07) is 11.6. The molecule has 3 aromatic rings. The molecule has 100 valence electrons. The van der Waals surface area contributed by atoms with Gasteiger partial charge in [-0.15, -0.1) is 5.10 Å². The summed E-state index contributed by atoms with van der Waals surface area (Å²) in [5.41, 5.74) is 8.24. The molecule has 0 atom stereocenters. The minimum atomic E-state index is 0.350. The van der Waals surface area contributed by atoms with Gasteiger partial charge in [-0.05, 0) is 29.8 Å². The molecule has 2 aromatic heterocycles. The second-order valence-corrected chi connectivity index (χ2v) is 4.29. The predicted octanol–water partition coefficient (Wildman–Crippen LogP) is 2.38. The second kappa shape index (κ2) is 5.40. The molecule has 0 bridgehead atoms. The van der Waals surface area contributed by atoms with E-state index in [1.165, 1.54) is 0 Å². The van der Waals surface area contributed by atoms with Crippen molar-refractivity contribution in [1.29, 1.82) is 0 Å². The second-order valence-electron chi connectivity index (χ2n) is 4.29. The molecule has 3 rings (SSSR count). The van der Waals surface area contributed by atoms with Crippen LogP contribution in [0.4, 0.5) is 17.4 Å². The molecule has 0 saturated carbocycles. The van der Waals surface area contributed by atoms with Gasteiger partial charge in [-0.1, -0.05) is 17.2 Å². The van der Waals surface area contributed by atoms with Crippen molar-refractivity contribution in [3.05, 3.63) is 60.2 Å². The van der Waals surface area contributed by atoms with Gasteiger partial charge in [0, 0.05) is 11.9 Å². The zero-order valence-corrected chi connectivity index (χ0v) is 10.7. The van der Waals surface area contributed by atoms with E-state index < -0.39 is 0 Å². The maximum absolute atomic E-state index is 5.64. The molecule has 1 aromatic carbocycles. The van der Waals surface area contributed by atoms with Crippen LogP contribution in [-0.2, 0) is 6.42 Å². The zero-order chi connectivity index (χ0) is 13.8. The smallest absolute Gasteiger partial charge is 0.320 e. The highest BCUT2D eigenvalue weighted by molar-refractivity contribution is 5.49. The highest BCUT2D eigenvalue weighted by atomic mass is 16.4. The standard InChI is InChI=1S/C14H13N5O/c15-11-5-3-10(4-6-11)8-13-18-19-14(20-13)17-12-2-1-7-16-9-12/h1-7,9H,8,15H2,(H,17,19). The van der Waals surface area contributed by atoms with Crippen molar-refractivity contribution in [2.45, 2.75) is 6.42 Å². The van der Waals surface area contributed by atoms with Gasteiger partial charge in [0.1, 0.15) is 0 Å². The van der Waals surface area contributed by atoms with Crippen molar-refractivity contribution >= 4 is 17.4 Å². The number of nitrogens with one attached hydrogen (secondary N) is 1. The lowest BCUT2D eigenvalue weighted by Gasteiger charge is -1.99. The number of rotatable bonds is 4. The van der Waals surface area contributed by atoms with Crippen LogP contribution in [0.3, 0.4) is 0 Å². The number of pyridine rings is 1. The first-order valence-corrected chi connectivity index (χ1v) is 6.13. The van der Waals surface area contributed by atoms with E-state index >= 15 is 0 Å². The third-order valence-corrected chi connectivity index (χ3v) is 2.71. The van der Waals surface area contributed by atoms with E-state index in [4.69, 9.17) is 10.2 Å². The molecule has 0 unspecified atom stereocenters. The van der Waals surface area contributed by atoms with Crippen molar-refractivity contribution in [2.75, 3.05) is 11.1 Å². The van der Waals surface area contributed by atoms with Crippen LogP contribution in [0.15, 0.2) is 53.2 Å². The number of nitrogens with two attached hydrogens (primary N) is 1. The molecule has 2 heterocycles. The molecule has 0 aliphatic rings. The monoisotopic (exact) mass is 267 g/mol. The predicted molar refractivity (Wildman–Crippen MR) is 75.5 cm³/mol. The van der Waals surface area contributed by atoms with Crippen LogP contribution in [0.2, 0.25) is 0 Å². The van der Waals surface area contributed by atoms with E-state index in [1.807, 2.05) is 36.4 Å². The lowest BCUT2D eigenvalue weighted by atomic mass is 10.1. The zero-order valence-electron chi connectivity index (χ0n) is 10.7. The average Bonchev–Trinajstić information content (AvgIpc) is 2.90. The molecule has 0 fully saturated rings. The van der Waals surface area contributed by atoms with Crippen LogP contribution in [0, 0.1) is 0 Å². The number of nitrogen functional groups attached to an aromatic ring is 1. The Morgan fingerprint density at radius 1 is 1.10 bits per heavy atom. The molecule has 0 amide bonds. The molecular formula is C14H13N5O. The minimum absolute atomic E-state index is 0.350. The lowest BCUT2D eigenvalue weighted by Crippen LogP contribution is -1.90.